The van der Waals surface area contributed by atoms with Crippen molar-refractivity contribution in [1.82, 2.24) is 10.3 Å². The summed E-state index contributed by atoms with van der Waals surface area (Å²) in [5.74, 6) is 0.223. The SMILES string of the molecule is COCC(C)(C)NCc1cc(C(F)(F)F)c2oc(C(C)C)nc2c1. The molecule has 4 nitrogen and oxygen atoms in total. The lowest BCUT2D eigenvalue weighted by atomic mass is 10.0. The number of hydrogen-bond donors (Lipinski definition) is 1. The Kier molecular flexibility index (Phi) is 5.25. The molecule has 2 rings (SSSR count). The third kappa shape index (κ3) is 4.27. The zero-order chi connectivity index (χ0) is 18.1. The zero-order valence-corrected chi connectivity index (χ0v) is 14.5. The number of alkyl halides is 3. The number of ether oxygens (including phenoxy) is 1. The summed E-state index contributed by atoms with van der Waals surface area (Å²) in [5, 5.41) is 3.20. The Bertz CT molecular complexity index is 706. The van der Waals surface area contributed by atoms with Crippen molar-refractivity contribution < 1.29 is 22.3 Å². The van der Waals surface area contributed by atoms with Crippen molar-refractivity contribution >= 4 is 11.1 Å². The lowest BCUT2D eigenvalue weighted by Gasteiger charge is -2.25. The van der Waals surface area contributed by atoms with E-state index in [-0.39, 0.29) is 29.1 Å². The van der Waals surface area contributed by atoms with Crippen molar-refractivity contribution in [3.63, 3.8) is 0 Å². The second-order valence-electron chi connectivity index (χ2n) is 6.87. The van der Waals surface area contributed by atoms with Crippen LogP contribution < -0.4 is 5.32 Å². The molecule has 7 heteroatoms. The standard InChI is InChI=1S/C17H23F3N2O2/c1-10(2)15-22-13-7-11(8-21-16(3,4)9-23-5)6-12(14(13)24-15)17(18,19)20/h6-7,10,21H,8-9H2,1-5H3. The number of hydrogen-bond acceptors (Lipinski definition) is 4. The van der Waals surface area contributed by atoms with Crippen LogP contribution in [0.3, 0.4) is 0 Å². The van der Waals surface area contributed by atoms with Crippen molar-refractivity contribution in [3.05, 3.63) is 29.2 Å². The minimum Gasteiger partial charge on any atom is -0.440 e. The van der Waals surface area contributed by atoms with E-state index in [2.05, 4.69) is 10.3 Å². The first-order valence-electron chi connectivity index (χ1n) is 7.78. The first kappa shape index (κ1) is 18.7. The summed E-state index contributed by atoms with van der Waals surface area (Å²) >= 11 is 0. The highest BCUT2D eigenvalue weighted by Crippen LogP contribution is 2.37. The normalized spacial score (nSPS) is 13.2. The lowest BCUT2D eigenvalue weighted by Crippen LogP contribution is -2.42. The molecule has 0 spiro atoms. The molecule has 1 N–H and O–H groups in total. The second-order valence-corrected chi connectivity index (χ2v) is 6.87. The topological polar surface area (TPSA) is 47.3 Å². The third-order valence-electron chi connectivity index (χ3n) is 3.64. The highest BCUT2D eigenvalue weighted by molar-refractivity contribution is 5.78. The summed E-state index contributed by atoms with van der Waals surface area (Å²) in [5.41, 5.74) is -0.612. The van der Waals surface area contributed by atoms with E-state index in [4.69, 9.17) is 9.15 Å². The highest BCUT2D eigenvalue weighted by Gasteiger charge is 2.35. The number of oxazole rings is 1. The fourth-order valence-corrected chi connectivity index (χ4v) is 2.42. The maximum atomic E-state index is 13.4. The van der Waals surface area contributed by atoms with Crippen molar-refractivity contribution in [1.29, 1.82) is 0 Å². The first-order valence-corrected chi connectivity index (χ1v) is 7.78. The van der Waals surface area contributed by atoms with Gasteiger partial charge in [-0.1, -0.05) is 13.8 Å². The summed E-state index contributed by atoms with van der Waals surface area (Å²) in [7, 11) is 1.58. The molecule has 0 amide bonds. The molecule has 24 heavy (non-hydrogen) atoms. The molecular formula is C17H23F3N2O2. The Morgan fingerprint density at radius 3 is 2.46 bits per heavy atom. The molecule has 0 aliphatic carbocycles. The molecule has 0 saturated carbocycles. The number of benzene rings is 1. The van der Waals surface area contributed by atoms with Gasteiger partial charge in [-0.25, -0.2) is 4.98 Å². The van der Waals surface area contributed by atoms with Gasteiger partial charge in [0.25, 0.3) is 0 Å². The minimum absolute atomic E-state index is 0.0827. The molecule has 1 aromatic heterocycles. The van der Waals surface area contributed by atoms with Crippen LogP contribution in [0.2, 0.25) is 0 Å². The van der Waals surface area contributed by atoms with Gasteiger partial charge in [0, 0.05) is 25.1 Å². The molecule has 0 saturated heterocycles. The van der Waals surface area contributed by atoms with E-state index in [1.54, 1.807) is 13.2 Å². The minimum atomic E-state index is -4.50. The predicted molar refractivity (Wildman–Crippen MR) is 85.9 cm³/mol. The monoisotopic (exact) mass is 344 g/mol. The van der Waals surface area contributed by atoms with Gasteiger partial charge in [-0.15, -0.1) is 0 Å². The van der Waals surface area contributed by atoms with Gasteiger partial charge in [0.1, 0.15) is 11.1 Å². The quantitative estimate of drug-likeness (QED) is 0.839. The summed E-state index contributed by atoms with van der Waals surface area (Å²) in [6.07, 6.45) is -4.50. The van der Waals surface area contributed by atoms with Crippen LogP contribution in [-0.4, -0.2) is 24.2 Å². The number of methoxy groups -OCH3 is 1. The van der Waals surface area contributed by atoms with Gasteiger partial charge in [0.15, 0.2) is 11.5 Å². The van der Waals surface area contributed by atoms with Crippen molar-refractivity contribution in [3.8, 4) is 0 Å². The Morgan fingerprint density at radius 2 is 1.92 bits per heavy atom. The van der Waals surface area contributed by atoms with Crippen LogP contribution >= 0.6 is 0 Å². The number of nitrogens with zero attached hydrogens (tertiary/aromatic N) is 1. The fraction of sp³-hybridized carbons (Fsp3) is 0.588. The Labute approximate surface area is 139 Å². The number of aromatic nitrogens is 1. The second kappa shape index (κ2) is 6.72. The van der Waals surface area contributed by atoms with E-state index in [0.717, 1.165) is 6.07 Å². The molecule has 0 bridgehead atoms. The summed E-state index contributed by atoms with van der Waals surface area (Å²) in [4.78, 5) is 4.21. The van der Waals surface area contributed by atoms with Crippen LogP contribution in [0.25, 0.3) is 11.1 Å². The van der Waals surface area contributed by atoms with Gasteiger partial charge in [0.05, 0.1) is 6.61 Å². The van der Waals surface area contributed by atoms with Gasteiger partial charge < -0.3 is 14.5 Å². The van der Waals surface area contributed by atoms with Crippen LogP contribution in [0.4, 0.5) is 13.2 Å². The van der Waals surface area contributed by atoms with E-state index in [9.17, 15) is 13.2 Å². The summed E-state index contributed by atoms with van der Waals surface area (Å²) in [6, 6.07) is 2.75. The maximum absolute atomic E-state index is 13.4. The van der Waals surface area contributed by atoms with E-state index in [0.29, 0.717) is 18.1 Å². The number of fused-ring (bicyclic) bond motifs is 1. The van der Waals surface area contributed by atoms with Crippen LogP contribution in [0.1, 0.15) is 50.6 Å². The van der Waals surface area contributed by atoms with E-state index < -0.39 is 11.7 Å². The third-order valence-corrected chi connectivity index (χ3v) is 3.64. The zero-order valence-electron chi connectivity index (χ0n) is 14.5. The maximum Gasteiger partial charge on any atom is 0.420 e. The van der Waals surface area contributed by atoms with Crippen molar-refractivity contribution in [2.75, 3.05) is 13.7 Å². The molecule has 1 heterocycles. The summed E-state index contributed by atoms with van der Waals surface area (Å²) in [6.45, 7) is 8.23. The number of nitrogens with one attached hydrogen (secondary N) is 1. The molecule has 0 fully saturated rings. The number of halogens is 3. The molecule has 0 atom stereocenters. The van der Waals surface area contributed by atoms with Crippen LogP contribution in [0.5, 0.6) is 0 Å². The van der Waals surface area contributed by atoms with Gasteiger partial charge >= 0.3 is 6.18 Å². The Morgan fingerprint density at radius 1 is 1.25 bits per heavy atom. The van der Waals surface area contributed by atoms with E-state index in [1.807, 2.05) is 27.7 Å². The smallest absolute Gasteiger partial charge is 0.420 e. The van der Waals surface area contributed by atoms with E-state index >= 15 is 0 Å². The number of rotatable bonds is 6. The van der Waals surface area contributed by atoms with Gasteiger partial charge in [-0.2, -0.15) is 13.2 Å². The van der Waals surface area contributed by atoms with Gasteiger partial charge in [0.2, 0.25) is 0 Å². The first-order chi connectivity index (χ1) is 11.0. The average molecular weight is 344 g/mol. The Hall–Kier alpha value is -1.60. The molecule has 0 aliphatic heterocycles. The highest BCUT2D eigenvalue weighted by atomic mass is 19.4. The van der Waals surface area contributed by atoms with Gasteiger partial charge in [-0.3, -0.25) is 0 Å². The lowest BCUT2D eigenvalue weighted by molar-refractivity contribution is -0.136. The molecule has 0 unspecified atom stereocenters. The van der Waals surface area contributed by atoms with Crippen molar-refractivity contribution in [2.45, 2.75) is 51.9 Å². The molecular weight excluding hydrogens is 321 g/mol. The molecule has 1 aromatic carbocycles. The van der Waals surface area contributed by atoms with Crippen LogP contribution in [0, 0.1) is 0 Å². The average Bonchev–Trinajstić information content (AvgIpc) is 2.87. The molecule has 0 aliphatic rings. The van der Waals surface area contributed by atoms with Crippen LogP contribution in [-0.2, 0) is 17.5 Å². The molecule has 2 aromatic rings. The van der Waals surface area contributed by atoms with E-state index in [1.165, 1.54) is 0 Å². The summed E-state index contributed by atoms with van der Waals surface area (Å²) < 4.78 is 50.6. The predicted octanol–water partition coefficient (Wildman–Crippen LogP) is 4.48. The van der Waals surface area contributed by atoms with Gasteiger partial charge in [-0.05, 0) is 31.5 Å². The van der Waals surface area contributed by atoms with Crippen LogP contribution in [0.15, 0.2) is 16.5 Å². The Balaban J connectivity index is 2.41. The molecule has 134 valence electrons. The fourth-order valence-electron chi connectivity index (χ4n) is 2.42. The largest absolute Gasteiger partial charge is 0.440 e. The van der Waals surface area contributed by atoms with Crippen molar-refractivity contribution in [2.24, 2.45) is 0 Å². The molecule has 0 radical (unpaired) electrons.